The van der Waals surface area contributed by atoms with Gasteiger partial charge in [0.2, 0.25) is 17.7 Å². The standard InChI is InChI=1S/C16H28N4O6/c1-8(2)12(16(25)26)20-15(24)13(9(3)21)19-11(22)7-18-14(23)10-5-4-6-17-10/h8-10,12-13,17,21H,4-7H2,1-3H3,(H,18,23)(H,19,22)(H,20,24)(H,25,26). The Bertz CT molecular complexity index is 531. The molecule has 10 nitrogen and oxygen atoms in total. The molecule has 6 N–H and O–H groups in total. The summed E-state index contributed by atoms with van der Waals surface area (Å²) in [6, 6.07) is -2.81. The van der Waals surface area contributed by atoms with Gasteiger partial charge in [0, 0.05) is 0 Å². The van der Waals surface area contributed by atoms with Gasteiger partial charge in [0.1, 0.15) is 12.1 Å². The third kappa shape index (κ3) is 6.60. The van der Waals surface area contributed by atoms with Gasteiger partial charge in [0.15, 0.2) is 0 Å². The van der Waals surface area contributed by atoms with Crippen LogP contribution in [-0.4, -0.2) is 71.2 Å². The van der Waals surface area contributed by atoms with Crippen LogP contribution in [-0.2, 0) is 19.2 Å². The van der Waals surface area contributed by atoms with Gasteiger partial charge in [-0.1, -0.05) is 13.8 Å². The van der Waals surface area contributed by atoms with Crippen molar-refractivity contribution in [3.63, 3.8) is 0 Å². The molecule has 1 saturated heterocycles. The van der Waals surface area contributed by atoms with Crippen molar-refractivity contribution in [3.05, 3.63) is 0 Å². The number of hydrogen-bond donors (Lipinski definition) is 6. The van der Waals surface area contributed by atoms with E-state index in [1.807, 2.05) is 0 Å². The lowest BCUT2D eigenvalue weighted by Gasteiger charge is -2.25. The first-order chi connectivity index (χ1) is 12.1. The normalized spacial score (nSPS) is 20.1. The van der Waals surface area contributed by atoms with Crippen LogP contribution in [0.4, 0.5) is 0 Å². The zero-order valence-corrected chi connectivity index (χ0v) is 15.2. The van der Waals surface area contributed by atoms with Crippen LogP contribution in [0.25, 0.3) is 0 Å². The van der Waals surface area contributed by atoms with Crippen LogP contribution < -0.4 is 21.3 Å². The number of rotatable bonds is 9. The third-order valence-electron chi connectivity index (χ3n) is 4.11. The van der Waals surface area contributed by atoms with Gasteiger partial charge < -0.3 is 31.5 Å². The summed E-state index contributed by atoms with van der Waals surface area (Å²) in [5.41, 5.74) is 0. The molecule has 1 aliphatic rings. The molecule has 4 unspecified atom stereocenters. The highest BCUT2D eigenvalue weighted by Gasteiger charge is 2.31. The van der Waals surface area contributed by atoms with E-state index in [0.29, 0.717) is 6.42 Å². The Morgan fingerprint density at radius 1 is 1.12 bits per heavy atom. The summed E-state index contributed by atoms with van der Waals surface area (Å²) in [6.45, 7) is 4.95. The van der Waals surface area contributed by atoms with Crippen molar-refractivity contribution < 1.29 is 29.4 Å². The van der Waals surface area contributed by atoms with Crippen molar-refractivity contribution in [2.45, 2.75) is 57.8 Å². The highest BCUT2D eigenvalue weighted by molar-refractivity contribution is 5.92. The number of aliphatic carboxylic acids is 1. The first-order valence-electron chi connectivity index (χ1n) is 8.65. The number of carboxylic acids is 1. The molecule has 1 heterocycles. The number of aliphatic hydroxyl groups is 1. The fourth-order valence-corrected chi connectivity index (χ4v) is 2.59. The average molecular weight is 372 g/mol. The topological polar surface area (TPSA) is 157 Å². The highest BCUT2D eigenvalue weighted by atomic mass is 16.4. The molecule has 0 bridgehead atoms. The third-order valence-corrected chi connectivity index (χ3v) is 4.11. The molecule has 0 aromatic rings. The summed E-state index contributed by atoms with van der Waals surface area (Å²) >= 11 is 0. The maximum atomic E-state index is 12.2. The fourth-order valence-electron chi connectivity index (χ4n) is 2.59. The molecular formula is C16H28N4O6. The Kier molecular flexibility index (Phi) is 8.46. The molecule has 0 saturated carbocycles. The van der Waals surface area contributed by atoms with Crippen LogP contribution in [0, 0.1) is 5.92 Å². The lowest BCUT2D eigenvalue weighted by atomic mass is 10.0. The summed E-state index contributed by atoms with van der Waals surface area (Å²) in [5, 5.41) is 29.0. The average Bonchev–Trinajstić information content (AvgIpc) is 3.08. The van der Waals surface area contributed by atoms with E-state index < -0.39 is 36.0 Å². The van der Waals surface area contributed by atoms with Crippen LogP contribution >= 0.6 is 0 Å². The molecule has 148 valence electrons. The molecule has 4 atom stereocenters. The molecule has 0 aromatic carbocycles. The van der Waals surface area contributed by atoms with Crippen LogP contribution in [0.3, 0.4) is 0 Å². The monoisotopic (exact) mass is 372 g/mol. The van der Waals surface area contributed by atoms with Crippen molar-refractivity contribution in [2.24, 2.45) is 5.92 Å². The van der Waals surface area contributed by atoms with Crippen LogP contribution in [0.15, 0.2) is 0 Å². The lowest BCUT2D eigenvalue weighted by molar-refractivity contribution is -0.144. The van der Waals surface area contributed by atoms with E-state index in [0.717, 1.165) is 13.0 Å². The summed E-state index contributed by atoms with van der Waals surface area (Å²) in [4.78, 5) is 47.2. The van der Waals surface area contributed by atoms with Crippen molar-refractivity contribution in [1.82, 2.24) is 21.3 Å². The Morgan fingerprint density at radius 2 is 1.77 bits per heavy atom. The summed E-state index contributed by atoms with van der Waals surface area (Å²) < 4.78 is 0. The molecule has 0 radical (unpaired) electrons. The number of amides is 3. The Morgan fingerprint density at radius 3 is 2.23 bits per heavy atom. The van der Waals surface area contributed by atoms with Crippen LogP contribution in [0.5, 0.6) is 0 Å². The van der Waals surface area contributed by atoms with Crippen LogP contribution in [0.1, 0.15) is 33.6 Å². The molecule has 0 aliphatic carbocycles. The van der Waals surface area contributed by atoms with Gasteiger partial charge in [-0.25, -0.2) is 4.79 Å². The van der Waals surface area contributed by atoms with Gasteiger partial charge >= 0.3 is 5.97 Å². The van der Waals surface area contributed by atoms with E-state index in [1.54, 1.807) is 13.8 Å². The van der Waals surface area contributed by atoms with E-state index in [4.69, 9.17) is 5.11 Å². The Hall–Kier alpha value is -2.20. The van der Waals surface area contributed by atoms with Gasteiger partial charge in [-0.3, -0.25) is 14.4 Å². The van der Waals surface area contributed by atoms with E-state index in [1.165, 1.54) is 6.92 Å². The zero-order valence-electron chi connectivity index (χ0n) is 15.2. The number of nitrogens with one attached hydrogen (secondary N) is 4. The lowest BCUT2D eigenvalue weighted by Crippen LogP contribution is -2.58. The van der Waals surface area contributed by atoms with Gasteiger partial charge in [-0.05, 0) is 32.2 Å². The molecule has 0 aromatic heterocycles. The van der Waals surface area contributed by atoms with Crippen LogP contribution in [0.2, 0.25) is 0 Å². The zero-order chi connectivity index (χ0) is 19.9. The number of carbonyl (C=O) groups is 4. The van der Waals surface area contributed by atoms with Crippen molar-refractivity contribution in [2.75, 3.05) is 13.1 Å². The van der Waals surface area contributed by atoms with Crippen molar-refractivity contribution in [3.8, 4) is 0 Å². The van der Waals surface area contributed by atoms with Gasteiger partial charge in [-0.15, -0.1) is 0 Å². The second-order valence-electron chi connectivity index (χ2n) is 6.72. The van der Waals surface area contributed by atoms with E-state index in [-0.39, 0.29) is 24.4 Å². The molecule has 3 amide bonds. The minimum Gasteiger partial charge on any atom is -0.480 e. The first kappa shape index (κ1) is 21.8. The Labute approximate surface area is 152 Å². The van der Waals surface area contributed by atoms with Gasteiger partial charge in [-0.2, -0.15) is 0 Å². The van der Waals surface area contributed by atoms with E-state index in [2.05, 4.69) is 21.3 Å². The first-order valence-corrected chi connectivity index (χ1v) is 8.65. The quantitative estimate of drug-likeness (QED) is 0.272. The maximum Gasteiger partial charge on any atom is 0.326 e. The SMILES string of the molecule is CC(C)C(NC(=O)C(NC(=O)CNC(=O)C1CCCN1)C(C)O)C(=O)O. The maximum absolute atomic E-state index is 12.2. The summed E-state index contributed by atoms with van der Waals surface area (Å²) in [7, 11) is 0. The summed E-state index contributed by atoms with van der Waals surface area (Å²) in [6.07, 6.45) is 0.334. The van der Waals surface area contributed by atoms with Gasteiger partial charge in [0.05, 0.1) is 18.7 Å². The predicted octanol–water partition coefficient (Wildman–Crippen LogP) is -2.05. The molecule has 1 aliphatic heterocycles. The van der Waals surface area contributed by atoms with Crippen molar-refractivity contribution >= 4 is 23.7 Å². The molecule has 10 heteroatoms. The number of carbonyl (C=O) groups excluding carboxylic acids is 3. The largest absolute Gasteiger partial charge is 0.480 e. The minimum atomic E-state index is -1.33. The molecule has 26 heavy (non-hydrogen) atoms. The summed E-state index contributed by atoms with van der Waals surface area (Å²) in [5.74, 6) is -3.35. The second-order valence-corrected chi connectivity index (χ2v) is 6.72. The highest BCUT2D eigenvalue weighted by Crippen LogP contribution is 2.05. The van der Waals surface area contributed by atoms with Crippen molar-refractivity contribution in [1.29, 1.82) is 0 Å². The number of hydrogen-bond acceptors (Lipinski definition) is 6. The molecule has 1 fully saturated rings. The molecule has 0 spiro atoms. The number of aliphatic hydroxyl groups excluding tert-OH is 1. The molecular weight excluding hydrogens is 344 g/mol. The van der Waals surface area contributed by atoms with E-state index >= 15 is 0 Å². The fraction of sp³-hybridized carbons (Fsp3) is 0.750. The van der Waals surface area contributed by atoms with Gasteiger partial charge in [0.25, 0.3) is 0 Å². The smallest absolute Gasteiger partial charge is 0.326 e. The number of carboxylic acid groups (broad SMARTS) is 1. The Balaban J connectivity index is 2.57. The predicted molar refractivity (Wildman–Crippen MR) is 92.1 cm³/mol. The second kappa shape index (κ2) is 10.1. The molecule has 1 rings (SSSR count). The van der Waals surface area contributed by atoms with E-state index in [9.17, 15) is 24.3 Å². The minimum absolute atomic E-state index is 0.304.